The van der Waals surface area contributed by atoms with Crippen LogP contribution in [0.15, 0.2) is 24.4 Å². The Kier molecular flexibility index (Phi) is 4.47. The van der Waals surface area contributed by atoms with Gasteiger partial charge in [-0.25, -0.2) is 9.78 Å². The van der Waals surface area contributed by atoms with Gasteiger partial charge in [-0.3, -0.25) is 4.68 Å². The first-order chi connectivity index (χ1) is 13.1. The van der Waals surface area contributed by atoms with Crippen molar-refractivity contribution in [2.45, 2.75) is 13.8 Å². The van der Waals surface area contributed by atoms with Gasteiger partial charge in [0.05, 0.1) is 12.3 Å². The minimum atomic E-state index is -0.230. The third kappa shape index (κ3) is 3.22. The largest absolute Gasteiger partial charge is 0.450 e. The summed E-state index contributed by atoms with van der Waals surface area (Å²) in [5, 5.41) is 5.62. The maximum absolute atomic E-state index is 11.9. The molecular weight excluding hydrogens is 344 g/mol. The molecule has 0 aliphatic carbocycles. The summed E-state index contributed by atoms with van der Waals surface area (Å²) in [5.74, 6) is 0. The molecule has 142 valence electrons. The monoisotopic (exact) mass is 368 g/mol. The lowest BCUT2D eigenvalue weighted by atomic mass is 10.2. The highest BCUT2D eigenvalue weighted by Crippen LogP contribution is 2.30. The van der Waals surface area contributed by atoms with Gasteiger partial charge in [-0.05, 0) is 32.0 Å². The first-order valence-electron chi connectivity index (χ1n) is 9.22. The number of carbonyl (C=O) groups excluding carboxylic acids is 1. The predicted molar refractivity (Wildman–Crippen MR) is 104 cm³/mol. The van der Waals surface area contributed by atoms with Gasteiger partial charge in [0.25, 0.3) is 0 Å². The summed E-state index contributed by atoms with van der Waals surface area (Å²) in [5.41, 5.74) is 4.94. The Morgan fingerprint density at radius 1 is 1.26 bits per heavy atom. The number of aryl methyl sites for hydroxylation is 2. The number of pyridine rings is 1. The van der Waals surface area contributed by atoms with Crippen molar-refractivity contribution in [3.63, 3.8) is 0 Å². The molecule has 1 N–H and O–H groups in total. The zero-order valence-corrected chi connectivity index (χ0v) is 15.9. The van der Waals surface area contributed by atoms with Crippen LogP contribution in [0.1, 0.15) is 12.6 Å². The van der Waals surface area contributed by atoms with E-state index in [-0.39, 0.29) is 6.09 Å². The Morgan fingerprint density at radius 2 is 2.04 bits per heavy atom. The highest BCUT2D eigenvalue weighted by Gasteiger charge is 2.23. The smallest absolute Gasteiger partial charge is 0.409 e. The van der Waals surface area contributed by atoms with Gasteiger partial charge in [0.15, 0.2) is 0 Å². The van der Waals surface area contributed by atoms with E-state index in [1.807, 2.05) is 37.8 Å². The van der Waals surface area contributed by atoms with Crippen molar-refractivity contribution >= 4 is 22.8 Å². The van der Waals surface area contributed by atoms with E-state index in [9.17, 15) is 4.79 Å². The number of amides is 1. The Balaban J connectivity index is 1.59. The number of hydrogen-bond donors (Lipinski definition) is 1. The topological polar surface area (TPSA) is 79.3 Å². The van der Waals surface area contributed by atoms with Gasteiger partial charge in [-0.1, -0.05) is 0 Å². The number of nitrogens with one attached hydrogen (secondary N) is 1. The molecule has 8 nitrogen and oxygen atoms in total. The van der Waals surface area contributed by atoms with Gasteiger partial charge in [0.1, 0.15) is 11.3 Å². The Labute approximate surface area is 157 Å². The summed E-state index contributed by atoms with van der Waals surface area (Å²) < 4.78 is 6.97. The summed E-state index contributed by atoms with van der Waals surface area (Å²) in [6, 6.07) is 6.20. The number of ether oxygens (including phenoxy) is 1. The molecule has 3 aromatic heterocycles. The molecule has 1 aliphatic rings. The number of H-pyrrole nitrogens is 1. The first kappa shape index (κ1) is 17.4. The maximum atomic E-state index is 11.9. The molecule has 0 atom stereocenters. The molecule has 1 fully saturated rings. The van der Waals surface area contributed by atoms with Gasteiger partial charge < -0.3 is 19.5 Å². The highest BCUT2D eigenvalue weighted by molar-refractivity contribution is 5.93. The number of fused-ring (bicyclic) bond motifs is 1. The van der Waals surface area contributed by atoms with Gasteiger partial charge >= 0.3 is 6.09 Å². The molecule has 1 saturated heterocycles. The van der Waals surface area contributed by atoms with Crippen molar-refractivity contribution in [3.8, 4) is 11.4 Å². The van der Waals surface area contributed by atoms with Gasteiger partial charge in [-0.2, -0.15) is 5.10 Å². The number of aromatic amines is 1. The number of rotatable bonds is 3. The Bertz CT molecular complexity index is 948. The Morgan fingerprint density at radius 3 is 2.70 bits per heavy atom. The lowest BCUT2D eigenvalue weighted by molar-refractivity contribution is 0.105. The second kappa shape index (κ2) is 6.94. The van der Waals surface area contributed by atoms with E-state index in [2.05, 4.69) is 32.1 Å². The summed E-state index contributed by atoms with van der Waals surface area (Å²) in [6.07, 6.45) is 1.59. The Hall–Kier alpha value is -3.03. The summed E-state index contributed by atoms with van der Waals surface area (Å²) in [7, 11) is 1.94. The minimum Gasteiger partial charge on any atom is -0.450 e. The molecule has 1 aliphatic heterocycles. The van der Waals surface area contributed by atoms with E-state index in [0.29, 0.717) is 19.7 Å². The van der Waals surface area contributed by atoms with E-state index in [1.54, 1.807) is 4.90 Å². The minimum absolute atomic E-state index is 0.230. The molecule has 4 heterocycles. The SMILES string of the molecule is CCOC(=O)N1CCN(c2ccnc3[nH]c(-c4cc(C)n(C)n4)cc23)CC1. The number of aromatic nitrogens is 4. The molecule has 27 heavy (non-hydrogen) atoms. The van der Waals surface area contributed by atoms with Gasteiger partial charge in [-0.15, -0.1) is 0 Å². The second-order valence-electron chi connectivity index (χ2n) is 6.74. The lowest BCUT2D eigenvalue weighted by Gasteiger charge is -2.35. The van der Waals surface area contributed by atoms with Crippen LogP contribution in [0.2, 0.25) is 0 Å². The molecule has 3 aromatic rings. The van der Waals surface area contributed by atoms with Crippen LogP contribution in [0.5, 0.6) is 0 Å². The lowest BCUT2D eigenvalue weighted by Crippen LogP contribution is -2.49. The van der Waals surface area contributed by atoms with Crippen molar-refractivity contribution in [2.24, 2.45) is 7.05 Å². The van der Waals surface area contributed by atoms with Crippen molar-refractivity contribution < 1.29 is 9.53 Å². The number of carbonyl (C=O) groups is 1. The van der Waals surface area contributed by atoms with Crippen LogP contribution in [0.4, 0.5) is 10.5 Å². The van der Waals surface area contributed by atoms with Crippen LogP contribution in [-0.4, -0.2) is 63.5 Å². The average Bonchev–Trinajstić information content (AvgIpc) is 3.25. The molecular formula is C19H24N6O2. The van der Waals surface area contributed by atoms with E-state index >= 15 is 0 Å². The fraction of sp³-hybridized carbons (Fsp3) is 0.421. The van der Waals surface area contributed by atoms with E-state index < -0.39 is 0 Å². The second-order valence-corrected chi connectivity index (χ2v) is 6.74. The summed E-state index contributed by atoms with van der Waals surface area (Å²) in [6.45, 7) is 7.10. The molecule has 0 spiro atoms. The fourth-order valence-electron chi connectivity index (χ4n) is 3.46. The van der Waals surface area contributed by atoms with Crippen LogP contribution in [0.3, 0.4) is 0 Å². The molecule has 1 amide bonds. The average molecular weight is 368 g/mol. The van der Waals surface area contributed by atoms with E-state index in [0.717, 1.165) is 46.9 Å². The number of anilines is 1. The summed E-state index contributed by atoms with van der Waals surface area (Å²) in [4.78, 5) is 23.8. The highest BCUT2D eigenvalue weighted by atomic mass is 16.6. The maximum Gasteiger partial charge on any atom is 0.409 e. The third-order valence-electron chi connectivity index (χ3n) is 5.04. The molecule has 0 aromatic carbocycles. The number of piperazine rings is 1. The van der Waals surface area contributed by atoms with E-state index in [1.165, 1.54) is 0 Å². The fourth-order valence-corrected chi connectivity index (χ4v) is 3.46. The third-order valence-corrected chi connectivity index (χ3v) is 5.04. The molecule has 4 rings (SSSR count). The van der Waals surface area contributed by atoms with Crippen LogP contribution in [-0.2, 0) is 11.8 Å². The number of nitrogens with zero attached hydrogens (tertiary/aromatic N) is 5. The normalized spacial score (nSPS) is 14.8. The zero-order chi connectivity index (χ0) is 19.0. The van der Waals surface area contributed by atoms with Crippen molar-refractivity contribution in [1.82, 2.24) is 24.6 Å². The molecule has 0 unspecified atom stereocenters. The quantitative estimate of drug-likeness (QED) is 0.769. The zero-order valence-electron chi connectivity index (χ0n) is 15.9. The number of hydrogen-bond acceptors (Lipinski definition) is 5. The van der Waals surface area contributed by atoms with Crippen LogP contribution in [0, 0.1) is 6.92 Å². The van der Waals surface area contributed by atoms with Crippen molar-refractivity contribution in [1.29, 1.82) is 0 Å². The van der Waals surface area contributed by atoms with Crippen molar-refractivity contribution in [2.75, 3.05) is 37.7 Å². The predicted octanol–water partition coefficient (Wildman–Crippen LogP) is 2.55. The molecule has 0 bridgehead atoms. The van der Waals surface area contributed by atoms with Gasteiger partial charge in [0.2, 0.25) is 0 Å². The molecule has 0 radical (unpaired) electrons. The van der Waals surface area contributed by atoms with E-state index in [4.69, 9.17) is 4.74 Å². The standard InChI is InChI=1S/C19H24N6O2/c1-4-27-19(26)25-9-7-24(8-10-25)17-5-6-20-18-14(17)12-15(21-18)16-11-13(2)23(3)22-16/h5-6,11-12H,4,7-10H2,1-3H3,(H,20,21). The van der Waals surface area contributed by atoms with Crippen LogP contribution in [0.25, 0.3) is 22.4 Å². The van der Waals surface area contributed by atoms with Crippen LogP contribution < -0.4 is 4.90 Å². The van der Waals surface area contributed by atoms with Crippen molar-refractivity contribution in [3.05, 3.63) is 30.1 Å². The van der Waals surface area contributed by atoms with Gasteiger partial charge in [0, 0.05) is 56.2 Å². The first-order valence-corrected chi connectivity index (χ1v) is 9.22. The van der Waals surface area contributed by atoms with Crippen LogP contribution >= 0.6 is 0 Å². The molecule has 8 heteroatoms. The molecule has 0 saturated carbocycles. The summed E-state index contributed by atoms with van der Waals surface area (Å²) >= 11 is 0.